The van der Waals surface area contributed by atoms with Gasteiger partial charge in [0.15, 0.2) is 0 Å². The summed E-state index contributed by atoms with van der Waals surface area (Å²) in [5.74, 6) is -0.856. The largest absolute Gasteiger partial charge is 0.494 e. The molecule has 1 aliphatic rings. The second-order valence-electron chi connectivity index (χ2n) is 4.67. The van der Waals surface area contributed by atoms with Crippen molar-refractivity contribution in [2.24, 2.45) is 5.73 Å². The standard InChI is InChI=1S/C13H18BNO4/c15-7-6-11-8-12(9-13(16)17)19-14(18-11)10-4-2-1-3-5-10/h1-5,11-12H,6-9,15H2,(H,16,17)/t11-,12?/m1/s1. The quantitative estimate of drug-likeness (QED) is 0.750. The zero-order valence-electron chi connectivity index (χ0n) is 10.7. The smallest absolute Gasteiger partial charge is 0.481 e. The lowest BCUT2D eigenvalue weighted by Crippen LogP contribution is -2.49. The van der Waals surface area contributed by atoms with Crippen LogP contribution < -0.4 is 11.2 Å². The van der Waals surface area contributed by atoms with E-state index in [1.807, 2.05) is 30.3 Å². The maximum atomic E-state index is 10.8. The Hall–Kier alpha value is -1.37. The average Bonchev–Trinajstić information content (AvgIpc) is 2.39. The van der Waals surface area contributed by atoms with Gasteiger partial charge >= 0.3 is 13.1 Å². The highest BCUT2D eigenvalue weighted by Gasteiger charge is 2.35. The Morgan fingerprint density at radius 2 is 2.00 bits per heavy atom. The number of carboxylic acids is 1. The van der Waals surface area contributed by atoms with E-state index in [0.29, 0.717) is 19.4 Å². The molecular weight excluding hydrogens is 245 g/mol. The van der Waals surface area contributed by atoms with Crippen molar-refractivity contribution in [2.75, 3.05) is 6.54 Å². The number of carboxylic acid groups (broad SMARTS) is 1. The number of aliphatic carboxylic acids is 1. The Morgan fingerprint density at radius 1 is 1.32 bits per heavy atom. The van der Waals surface area contributed by atoms with Crippen molar-refractivity contribution in [2.45, 2.75) is 31.5 Å². The number of nitrogens with two attached hydrogens (primary N) is 1. The first-order valence-electron chi connectivity index (χ1n) is 6.46. The zero-order chi connectivity index (χ0) is 13.7. The zero-order valence-corrected chi connectivity index (χ0v) is 10.7. The van der Waals surface area contributed by atoms with Gasteiger partial charge in [-0.3, -0.25) is 4.79 Å². The minimum atomic E-state index is -0.856. The van der Waals surface area contributed by atoms with Crippen LogP contribution in [0.4, 0.5) is 0 Å². The van der Waals surface area contributed by atoms with E-state index in [-0.39, 0.29) is 18.6 Å². The minimum absolute atomic E-state index is 0.00619. The maximum absolute atomic E-state index is 10.8. The van der Waals surface area contributed by atoms with E-state index in [0.717, 1.165) is 5.46 Å². The van der Waals surface area contributed by atoms with Gasteiger partial charge in [-0.15, -0.1) is 0 Å². The predicted molar refractivity (Wildman–Crippen MR) is 72.1 cm³/mol. The van der Waals surface area contributed by atoms with Gasteiger partial charge in [-0.05, 0) is 24.8 Å². The SMILES string of the molecule is NCC[C@@H]1CC(CC(=O)O)OB(c2ccccc2)O1. The lowest BCUT2D eigenvalue weighted by atomic mass is 9.76. The molecule has 2 rings (SSSR count). The molecule has 2 atom stereocenters. The third-order valence-electron chi connectivity index (χ3n) is 3.12. The molecule has 3 N–H and O–H groups in total. The Kier molecular flexibility index (Phi) is 4.96. The lowest BCUT2D eigenvalue weighted by Gasteiger charge is -2.33. The number of rotatable bonds is 5. The van der Waals surface area contributed by atoms with Gasteiger partial charge in [-0.2, -0.15) is 0 Å². The Balaban J connectivity index is 2.07. The van der Waals surface area contributed by atoms with Crippen LogP contribution in [0, 0.1) is 0 Å². The fourth-order valence-electron chi connectivity index (χ4n) is 2.25. The molecule has 0 spiro atoms. The first-order valence-corrected chi connectivity index (χ1v) is 6.46. The highest BCUT2D eigenvalue weighted by atomic mass is 16.6. The van der Waals surface area contributed by atoms with E-state index in [9.17, 15) is 4.79 Å². The highest BCUT2D eigenvalue weighted by molar-refractivity contribution is 6.61. The van der Waals surface area contributed by atoms with Crippen molar-refractivity contribution in [1.82, 2.24) is 0 Å². The normalized spacial score (nSPS) is 23.3. The molecule has 1 aromatic rings. The third-order valence-corrected chi connectivity index (χ3v) is 3.12. The Morgan fingerprint density at radius 3 is 2.63 bits per heavy atom. The molecule has 1 heterocycles. The summed E-state index contributed by atoms with van der Waals surface area (Å²) in [5.41, 5.74) is 6.46. The van der Waals surface area contributed by atoms with Gasteiger partial charge in [-0.25, -0.2) is 0 Å². The van der Waals surface area contributed by atoms with Crippen LogP contribution in [0.2, 0.25) is 0 Å². The molecule has 6 heteroatoms. The molecule has 19 heavy (non-hydrogen) atoms. The van der Waals surface area contributed by atoms with E-state index >= 15 is 0 Å². The van der Waals surface area contributed by atoms with E-state index in [1.54, 1.807) is 0 Å². The first-order chi connectivity index (χ1) is 9.19. The van der Waals surface area contributed by atoms with Crippen LogP contribution in [0.1, 0.15) is 19.3 Å². The second kappa shape index (κ2) is 6.70. The molecule has 1 unspecified atom stereocenters. The van der Waals surface area contributed by atoms with Crippen molar-refractivity contribution >= 4 is 18.6 Å². The van der Waals surface area contributed by atoms with E-state index in [1.165, 1.54) is 0 Å². The van der Waals surface area contributed by atoms with E-state index in [2.05, 4.69) is 0 Å². The summed E-state index contributed by atoms with van der Waals surface area (Å²) in [7, 11) is -0.504. The molecular formula is C13H18BNO4. The van der Waals surface area contributed by atoms with Crippen LogP contribution in [0.15, 0.2) is 30.3 Å². The summed E-state index contributed by atoms with van der Waals surface area (Å²) < 4.78 is 11.5. The Labute approximate surface area is 112 Å². The average molecular weight is 263 g/mol. The molecule has 1 aliphatic heterocycles. The molecule has 0 amide bonds. The molecule has 0 saturated carbocycles. The Bertz CT molecular complexity index is 414. The molecule has 0 aliphatic carbocycles. The molecule has 5 nitrogen and oxygen atoms in total. The summed E-state index contributed by atoms with van der Waals surface area (Å²) in [6, 6.07) is 9.54. The summed E-state index contributed by atoms with van der Waals surface area (Å²) >= 11 is 0. The van der Waals surface area contributed by atoms with Crippen LogP contribution in [0.3, 0.4) is 0 Å². The van der Waals surface area contributed by atoms with Gasteiger partial charge < -0.3 is 20.1 Å². The van der Waals surface area contributed by atoms with Gasteiger partial charge in [0, 0.05) is 6.10 Å². The van der Waals surface area contributed by atoms with Gasteiger partial charge in [0.05, 0.1) is 12.5 Å². The monoisotopic (exact) mass is 263 g/mol. The van der Waals surface area contributed by atoms with Gasteiger partial charge in [-0.1, -0.05) is 30.3 Å². The summed E-state index contributed by atoms with van der Waals surface area (Å²) in [6.45, 7) is 0.520. The third kappa shape index (κ3) is 4.06. The predicted octanol–water partition coefficient (Wildman–Crippen LogP) is 0.379. The fraction of sp³-hybridized carbons (Fsp3) is 0.462. The lowest BCUT2D eigenvalue weighted by molar-refractivity contribution is -0.140. The molecule has 0 bridgehead atoms. The highest BCUT2D eigenvalue weighted by Crippen LogP contribution is 2.21. The summed E-state index contributed by atoms with van der Waals surface area (Å²) in [6.07, 6.45) is 0.907. The first kappa shape index (κ1) is 14.1. The van der Waals surface area contributed by atoms with Gasteiger partial charge in [0.1, 0.15) is 0 Å². The van der Waals surface area contributed by atoms with E-state index in [4.69, 9.17) is 20.1 Å². The molecule has 1 fully saturated rings. The van der Waals surface area contributed by atoms with Gasteiger partial charge in [0.25, 0.3) is 0 Å². The van der Waals surface area contributed by atoms with Crippen LogP contribution in [-0.4, -0.2) is 36.9 Å². The number of benzene rings is 1. The number of hydrogen-bond acceptors (Lipinski definition) is 4. The molecule has 0 radical (unpaired) electrons. The van der Waals surface area contributed by atoms with Gasteiger partial charge in [0.2, 0.25) is 0 Å². The second-order valence-corrected chi connectivity index (χ2v) is 4.67. The minimum Gasteiger partial charge on any atom is -0.481 e. The van der Waals surface area contributed by atoms with Crippen molar-refractivity contribution in [3.8, 4) is 0 Å². The molecule has 102 valence electrons. The molecule has 0 aromatic heterocycles. The van der Waals surface area contributed by atoms with Crippen molar-refractivity contribution in [3.05, 3.63) is 30.3 Å². The molecule has 1 aromatic carbocycles. The molecule has 1 saturated heterocycles. The van der Waals surface area contributed by atoms with Crippen LogP contribution >= 0.6 is 0 Å². The van der Waals surface area contributed by atoms with Crippen LogP contribution in [0.25, 0.3) is 0 Å². The maximum Gasteiger partial charge on any atom is 0.494 e. The van der Waals surface area contributed by atoms with Crippen molar-refractivity contribution < 1.29 is 19.2 Å². The topological polar surface area (TPSA) is 81.8 Å². The van der Waals surface area contributed by atoms with Crippen molar-refractivity contribution in [1.29, 1.82) is 0 Å². The van der Waals surface area contributed by atoms with Crippen LogP contribution in [0.5, 0.6) is 0 Å². The fourth-order valence-corrected chi connectivity index (χ4v) is 2.25. The number of hydrogen-bond donors (Lipinski definition) is 2. The van der Waals surface area contributed by atoms with Crippen LogP contribution in [-0.2, 0) is 14.1 Å². The van der Waals surface area contributed by atoms with Crippen molar-refractivity contribution in [3.63, 3.8) is 0 Å². The summed E-state index contributed by atoms with van der Waals surface area (Å²) in [4.78, 5) is 10.8. The summed E-state index contributed by atoms with van der Waals surface area (Å²) in [5, 5.41) is 8.89. The van der Waals surface area contributed by atoms with E-state index < -0.39 is 13.1 Å². The number of carbonyl (C=O) groups is 1.